The molecule has 1 saturated heterocycles. The number of hydrogen-bond acceptors (Lipinski definition) is 3. The molecule has 1 heterocycles. The van der Waals surface area contributed by atoms with Crippen LogP contribution < -0.4 is 5.32 Å². The molecular weight excluding hydrogens is 371 g/mol. The van der Waals surface area contributed by atoms with Crippen LogP contribution in [0.5, 0.6) is 0 Å². The van der Waals surface area contributed by atoms with Crippen LogP contribution in [-0.2, 0) is 20.7 Å². The van der Waals surface area contributed by atoms with Crippen LogP contribution in [0, 0.1) is 5.82 Å². The van der Waals surface area contributed by atoms with Crippen LogP contribution in [0.4, 0.5) is 4.39 Å². The predicted molar refractivity (Wildman–Crippen MR) is 109 cm³/mol. The summed E-state index contributed by atoms with van der Waals surface area (Å²) in [7, 11) is 0. The van der Waals surface area contributed by atoms with Gasteiger partial charge in [-0.1, -0.05) is 42.5 Å². The number of nitrogens with one attached hydrogen (secondary N) is 1. The van der Waals surface area contributed by atoms with Crippen LogP contribution in [0.15, 0.2) is 54.6 Å². The standard InChI is InChI=1S/C23H27FN2O3/c24-20-12-10-18(11-13-20)6-4-5-9-21(27)25-22(19-7-2-1-3-8-19)23(28)26-14-16-29-17-15-26/h1-3,7-8,10-13,22H,4-6,9,14-17H2,(H,25,27)/t22-/m0/s1. The van der Waals surface area contributed by atoms with Crippen molar-refractivity contribution in [2.24, 2.45) is 0 Å². The number of hydrogen-bond donors (Lipinski definition) is 1. The van der Waals surface area contributed by atoms with Gasteiger partial charge in [0.2, 0.25) is 11.8 Å². The predicted octanol–water partition coefficient (Wildman–Crippen LogP) is 3.25. The molecule has 29 heavy (non-hydrogen) atoms. The van der Waals surface area contributed by atoms with Gasteiger partial charge in [0.15, 0.2) is 0 Å². The highest BCUT2D eigenvalue weighted by molar-refractivity contribution is 5.88. The summed E-state index contributed by atoms with van der Waals surface area (Å²) in [6.07, 6.45) is 2.67. The lowest BCUT2D eigenvalue weighted by Crippen LogP contribution is -2.47. The Morgan fingerprint density at radius 1 is 1.00 bits per heavy atom. The second-order valence-electron chi connectivity index (χ2n) is 7.18. The molecule has 2 aromatic rings. The number of morpholine rings is 1. The molecule has 0 unspecified atom stereocenters. The van der Waals surface area contributed by atoms with Gasteiger partial charge in [-0.25, -0.2) is 4.39 Å². The van der Waals surface area contributed by atoms with E-state index >= 15 is 0 Å². The van der Waals surface area contributed by atoms with Crippen molar-refractivity contribution in [3.8, 4) is 0 Å². The number of halogens is 1. The van der Waals surface area contributed by atoms with Crippen LogP contribution in [-0.4, -0.2) is 43.0 Å². The lowest BCUT2D eigenvalue weighted by Gasteiger charge is -2.31. The fourth-order valence-corrected chi connectivity index (χ4v) is 3.40. The molecule has 5 nitrogen and oxygen atoms in total. The minimum atomic E-state index is -0.682. The third-order valence-corrected chi connectivity index (χ3v) is 5.04. The van der Waals surface area contributed by atoms with Crippen molar-refractivity contribution in [1.29, 1.82) is 0 Å². The van der Waals surface area contributed by atoms with E-state index in [0.717, 1.165) is 24.0 Å². The van der Waals surface area contributed by atoms with E-state index < -0.39 is 6.04 Å². The fourth-order valence-electron chi connectivity index (χ4n) is 3.40. The van der Waals surface area contributed by atoms with E-state index in [4.69, 9.17) is 4.74 Å². The highest BCUT2D eigenvalue weighted by Crippen LogP contribution is 2.17. The van der Waals surface area contributed by atoms with Crippen LogP contribution in [0.3, 0.4) is 0 Å². The Bertz CT molecular complexity index is 790. The Morgan fingerprint density at radius 3 is 2.38 bits per heavy atom. The molecule has 0 spiro atoms. The summed E-state index contributed by atoms with van der Waals surface area (Å²) in [5.74, 6) is -0.483. The van der Waals surface area contributed by atoms with Gasteiger partial charge in [-0.2, -0.15) is 0 Å². The number of aryl methyl sites for hydroxylation is 1. The summed E-state index contributed by atoms with van der Waals surface area (Å²) < 4.78 is 18.3. The largest absolute Gasteiger partial charge is 0.378 e. The normalized spacial score (nSPS) is 15.0. The van der Waals surface area contributed by atoms with Crippen molar-refractivity contribution in [1.82, 2.24) is 10.2 Å². The molecular formula is C23H27FN2O3. The van der Waals surface area contributed by atoms with E-state index in [-0.39, 0.29) is 17.6 Å². The van der Waals surface area contributed by atoms with Gasteiger partial charge in [0.1, 0.15) is 11.9 Å². The van der Waals surface area contributed by atoms with Crippen molar-refractivity contribution in [3.05, 3.63) is 71.5 Å². The third-order valence-electron chi connectivity index (χ3n) is 5.04. The van der Waals surface area contributed by atoms with Gasteiger partial charge in [0, 0.05) is 19.5 Å². The second-order valence-corrected chi connectivity index (χ2v) is 7.18. The molecule has 0 saturated carbocycles. The SMILES string of the molecule is O=C(CCCCc1ccc(F)cc1)N[C@H](C(=O)N1CCOCC1)c1ccccc1. The molecule has 3 rings (SSSR count). The number of amides is 2. The average Bonchev–Trinajstić information content (AvgIpc) is 2.77. The summed E-state index contributed by atoms with van der Waals surface area (Å²) in [5, 5.41) is 2.92. The average molecular weight is 398 g/mol. The van der Waals surface area contributed by atoms with Crippen molar-refractivity contribution in [2.45, 2.75) is 31.7 Å². The number of rotatable bonds is 8. The highest BCUT2D eigenvalue weighted by atomic mass is 19.1. The van der Waals surface area contributed by atoms with Gasteiger partial charge in [-0.05, 0) is 42.5 Å². The van der Waals surface area contributed by atoms with E-state index in [9.17, 15) is 14.0 Å². The molecule has 1 N–H and O–H groups in total. The van der Waals surface area contributed by atoms with Crippen LogP contribution >= 0.6 is 0 Å². The molecule has 1 aliphatic heterocycles. The lowest BCUT2D eigenvalue weighted by atomic mass is 10.0. The molecule has 0 bridgehead atoms. The first kappa shape index (κ1) is 21.0. The maximum absolute atomic E-state index is 13.0. The van der Waals surface area contributed by atoms with Crippen LogP contribution in [0.1, 0.15) is 36.4 Å². The molecule has 6 heteroatoms. The van der Waals surface area contributed by atoms with Gasteiger partial charge in [-0.15, -0.1) is 0 Å². The number of unbranched alkanes of at least 4 members (excludes halogenated alkanes) is 1. The maximum atomic E-state index is 13.0. The molecule has 0 aliphatic carbocycles. The van der Waals surface area contributed by atoms with Gasteiger partial charge in [-0.3, -0.25) is 9.59 Å². The Balaban J connectivity index is 1.53. The molecule has 0 radical (unpaired) electrons. The number of nitrogens with zero attached hydrogens (tertiary/aromatic N) is 1. The van der Waals surface area contributed by atoms with Gasteiger partial charge < -0.3 is 15.0 Å². The maximum Gasteiger partial charge on any atom is 0.249 e. The first-order valence-corrected chi connectivity index (χ1v) is 10.1. The van der Waals surface area contributed by atoms with Gasteiger partial charge in [0.05, 0.1) is 13.2 Å². The number of benzene rings is 2. The molecule has 1 atom stereocenters. The smallest absolute Gasteiger partial charge is 0.249 e. The van der Waals surface area contributed by atoms with Crippen LogP contribution in [0.2, 0.25) is 0 Å². The topological polar surface area (TPSA) is 58.6 Å². The zero-order chi connectivity index (χ0) is 20.5. The molecule has 0 aromatic heterocycles. The van der Waals surface area contributed by atoms with E-state index in [0.29, 0.717) is 39.1 Å². The van der Waals surface area contributed by atoms with Crippen molar-refractivity contribution >= 4 is 11.8 Å². The number of carbonyl (C=O) groups excluding carboxylic acids is 2. The monoisotopic (exact) mass is 398 g/mol. The quantitative estimate of drug-likeness (QED) is 0.695. The zero-order valence-electron chi connectivity index (χ0n) is 16.5. The summed E-state index contributed by atoms with van der Waals surface area (Å²) in [5.41, 5.74) is 1.83. The molecule has 1 aliphatic rings. The molecule has 2 aromatic carbocycles. The van der Waals surface area contributed by atoms with E-state index in [1.54, 1.807) is 17.0 Å². The summed E-state index contributed by atoms with van der Waals surface area (Å²) in [6.45, 7) is 2.11. The first-order chi connectivity index (χ1) is 14.1. The summed E-state index contributed by atoms with van der Waals surface area (Å²) in [4.78, 5) is 27.3. The number of ether oxygens (including phenoxy) is 1. The summed E-state index contributed by atoms with van der Waals surface area (Å²) in [6, 6.07) is 15.1. The lowest BCUT2D eigenvalue weighted by molar-refractivity contribution is -0.140. The zero-order valence-corrected chi connectivity index (χ0v) is 16.5. The Labute approximate surface area is 170 Å². The minimum absolute atomic E-state index is 0.0980. The van der Waals surface area contributed by atoms with Gasteiger partial charge in [0.25, 0.3) is 0 Å². The van der Waals surface area contributed by atoms with Gasteiger partial charge >= 0.3 is 0 Å². The minimum Gasteiger partial charge on any atom is -0.378 e. The van der Waals surface area contributed by atoms with E-state index in [2.05, 4.69) is 5.32 Å². The Morgan fingerprint density at radius 2 is 1.69 bits per heavy atom. The second kappa shape index (κ2) is 10.7. The molecule has 1 fully saturated rings. The fraction of sp³-hybridized carbons (Fsp3) is 0.391. The first-order valence-electron chi connectivity index (χ1n) is 10.1. The van der Waals surface area contributed by atoms with E-state index in [1.807, 2.05) is 30.3 Å². The summed E-state index contributed by atoms with van der Waals surface area (Å²) >= 11 is 0. The van der Waals surface area contributed by atoms with Crippen molar-refractivity contribution in [2.75, 3.05) is 26.3 Å². The highest BCUT2D eigenvalue weighted by Gasteiger charge is 2.28. The van der Waals surface area contributed by atoms with Crippen molar-refractivity contribution in [3.63, 3.8) is 0 Å². The molecule has 154 valence electrons. The van der Waals surface area contributed by atoms with Crippen LogP contribution in [0.25, 0.3) is 0 Å². The number of carbonyl (C=O) groups is 2. The van der Waals surface area contributed by atoms with Crippen molar-refractivity contribution < 1.29 is 18.7 Å². The Hall–Kier alpha value is -2.73. The Kier molecular flexibility index (Phi) is 7.76. The van der Waals surface area contributed by atoms with E-state index in [1.165, 1.54) is 12.1 Å². The molecule has 2 amide bonds. The third kappa shape index (κ3) is 6.39.